The van der Waals surface area contributed by atoms with Crippen LogP contribution in [0.2, 0.25) is 0 Å². The molecule has 1 heterocycles. The number of fused-ring (bicyclic) bond motifs is 6. The van der Waals surface area contributed by atoms with E-state index in [1.54, 1.807) is 16.7 Å². The largest absolute Gasteiger partial charge is 0.494 e. The van der Waals surface area contributed by atoms with E-state index in [0.717, 1.165) is 41.2 Å². The summed E-state index contributed by atoms with van der Waals surface area (Å²) < 4.78 is 1.55. The number of aromatic hydroxyl groups is 2. The molecule has 1 fully saturated rings. The molecule has 2 aliphatic carbocycles. The lowest BCUT2D eigenvalue weighted by molar-refractivity contribution is 0.395. The van der Waals surface area contributed by atoms with Gasteiger partial charge in [0, 0.05) is 21.9 Å². The van der Waals surface area contributed by atoms with Crippen molar-refractivity contribution in [3.8, 4) is 23.5 Å². The Labute approximate surface area is 139 Å². The molecule has 118 valence electrons. The first-order valence-corrected chi connectivity index (χ1v) is 8.29. The maximum atomic E-state index is 10.8. The summed E-state index contributed by atoms with van der Waals surface area (Å²) in [6.07, 6.45) is 3.21. The molecule has 0 saturated heterocycles. The number of benzene rings is 2. The van der Waals surface area contributed by atoms with Gasteiger partial charge in [0.25, 0.3) is 0 Å². The van der Waals surface area contributed by atoms with Crippen molar-refractivity contribution in [3.63, 3.8) is 0 Å². The van der Waals surface area contributed by atoms with Gasteiger partial charge in [-0.25, -0.2) is 0 Å². The Hall–Kier alpha value is -2.93. The first kappa shape index (κ1) is 13.5. The van der Waals surface area contributed by atoms with Crippen LogP contribution < -0.4 is 0 Å². The van der Waals surface area contributed by atoms with Crippen LogP contribution in [0.3, 0.4) is 0 Å². The van der Waals surface area contributed by atoms with Gasteiger partial charge in [0.15, 0.2) is 0 Å². The fourth-order valence-corrected chi connectivity index (χ4v) is 4.70. The van der Waals surface area contributed by atoms with Crippen LogP contribution in [-0.4, -0.2) is 14.8 Å². The average Bonchev–Trinajstić information content (AvgIpc) is 3.28. The van der Waals surface area contributed by atoms with Gasteiger partial charge in [-0.1, -0.05) is 24.3 Å². The lowest BCUT2D eigenvalue weighted by Crippen LogP contribution is -1.97. The summed E-state index contributed by atoms with van der Waals surface area (Å²) in [4.78, 5) is 0. The van der Waals surface area contributed by atoms with E-state index >= 15 is 0 Å². The molecule has 1 aromatic heterocycles. The Morgan fingerprint density at radius 2 is 1.54 bits per heavy atom. The molecule has 2 bridgehead atoms. The molecule has 4 heteroatoms. The molecular formula is C20H16N2O2. The lowest BCUT2D eigenvalue weighted by atomic mass is 9.95. The molecule has 0 radical (unpaired) electrons. The number of rotatable bonds is 1. The smallest absolute Gasteiger partial charge is 0.202 e. The normalized spacial score (nSPS) is 21.1. The predicted molar refractivity (Wildman–Crippen MR) is 90.7 cm³/mol. The average molecular weight is 316 g/mol. The van der Waals surface area contributed by atoms with E-state index in [2.05, 4.69) is 6.07 Å². The summed E-state index contributed by atoms with van der Waals surface area (Å²) >= 11 is 0. The van der Waals surface area contributed by atoms with Crippen LogP contribution in [0.15, 0.2) is 36.4 Å². The summed E-state index contributed by atoms with van der Waals surface area (Å²) in [5.74, 6) is 1.04. The van der Waals surface area contributed by atoms with Crippen molar-refractivity contribution in [1.82, 2.24) is 4.57 Å². The molecule has 24 heavy (non-hydrogen) atoms. The molecule has 0 amide bonds. The Kier molecular flexibility index (Phi) is 2.56. The quantitative estimate of drug-likeness (QED) is 0.704. The van der Waals surface area contributed by atoms with E-state index in [9.17, 15) is 15.5 Å². The van der Waals surface area contributed by atoms with Crippen molar-refractivity contribution in [2.75, 3.05) is 0 Å². The van der Waals surface area contributed by atoms with Crippen molar-refractivity contribution in [3.05, 3.63) is 53.1 Å². The van der Waals surface area contributed by atoms with Crippen LogP contribution in [0.4, 0.5) is 0 Å². The standard InChI is InChI=1S/C20H16N2O2/c21-10-13-7-8-16(15-4-2-1-3-14(13)15)22-19(23)17-11-5-6-12(9-11)18(17)20(22)24/h1-4,7-8,11-12,23-24H,5-6,9H2/t11-,12+. The molecule has 2 N–H and O–H groups in total. The van der Waals surface area contributed by atoms with Crippen LogP contribution in [0.1, 0.15) is 47.8 Å². The van der Waals surface area contributed by atoms with Crippen LogP contribution >= 0.6 is 0 Å². The fraction of sp³-hybridized carbons (Fsp3) is 0.250. The lowest BCUT2D eigenvalue weighted by Gasteiger charge is -2.13. The summed E-state index contributed by atoms with van der Waals surface area (Å²) in [5, 5.41) is 32.7. The number of hydrogen-bond acceptors (Lipinski definition) is 3. The van der Waals surface area contributed by atoms with Crippen molar-refractivity contribution in [1.29, 1.82) is 5.26 Å². The summed E-state index contributed by atoms with van der Waals surface area (Å²) in [7, 11) is 0. The van der Waals surface area contributed by atoms with Crippen LogP contribution in [-0.2, 0) is 0 Å². The van der Waals surface area contributed by atoms with Crippen molar-refractivity contribution in [2.24, 2.45) is 0 Å². The van der Waals surface area contributed by atoms with Gasteiger partial charge >= 0.3 is 0 Å². The monoisotopic (exact) mass is 316 g/mol. The maximum Gasteiger partial charge on any atom is 0.202 e. The third-order valence-corrected chi connectivity index (χ3v) is 5.71. The molecule has 5 rings (SSSR count). The van der Waals surface area contributed by atoms with Gasteiger partial charge in [-0.15, -0.1) is 0 Å². The number of aromatic nitrogens is 1. The second-order valence-corrected chi connectivity index (χ2v) is 6.81. The van der Waals surface area contributed by atoms with Crippen molar-refractivity contribution in [2.45, 2.75) is 31.1 Å². The molecule has 0 spiro atoms. The second kappa shape index (κ2) is 4.55. The highest BCUT2D eigenvalue weighted by molar-refractivity contribution is 5.95. The van der Waals surface area contributed by atoms with Gasteiger partial charge in [0.1, 0.15) is 0 Å². The van der Waals surface area contributed by atoms with E-state index < -0.39 is 0 Å². The van der Waals surface area contributed by atoms with Crippen molar-refractivity contribution >= 4 is 10.8 Å². The van der Waals surface area contributed by atoms with Crippen molar-refractivity contribution < 1.29 is 10.2 Å². The van der Waals surface area contributed by atoms with E-state index in [0.29, 0.717) is 23.1 Å². The maximum absolute atomic E-state index is 10.8. The van der Waals surface area contributed by atoms with E-state index in [1.807, 2.05) is 24.3 Å². The number of hydrogen-bond donors (Lipinski definition) is 2. The highest BCUT2D eigenvalue weighted by Crippen LogP contribution is 2.60. The first-order chi connectivity index (χ1) is 11.7. The molecule has 4 nitrogen and oxygen atoms in total. The number of nitrogens with zero attached hydrogens (tertiary/aromatic N) is 2. The summed E-state index contributed by atoms with van der Waals surface area (Å²) in [6.45, 7) is 0. The van der Waals surface area contributed by atoms with Gasteiger partial charge in [0.2, 0.25) is 11.8 Å². The Bertz CT molecular complexity index is 1010. The SMILES string of the molecule is N#Cc1ccc(-n2c(O)c3c(c2O)[C@H]2CC[C@@H]3C2)c2ccccc12. The minimum atomic E-state index is 0.157. The Balaban J connectivity index is 1.84. The molecule has 0 aliphatic heterocycles. The van der Waals surface area contributed by atoms with Gasteiger partial charge in [-0.3, -0.25) is 4.57 Å². The minimum absolute atomic E-state index is 0.157. The molecule has 0 unspecified atom stereocenters. The molecule has 2 atom stereocenters. The fourth-order valence-electron chi connectivity index (χ4n) is 4.70. The number of nitriles is 1. The summed E-state index contributed by atoms with van der Waals surface area (Å²) in [5.41, 5.74) is 3.16. The molecule has 3 aromatic rings. The van der Waals surface area contributed by atoms with Gasteiger partial charge in [-0.05, 0) is 43.2 Å². The van der Waals surface area contributed by atoms with Crippen LogP contribution in [0.5, 0.6) is 11.8 Å². The highest BCUT2D eigenvalue weighted by Gasteiger charge is 2.44. The molecule has 1 saturated carbocycles. The zero-order valence-corrected chi connectivity index (χ0v) is 13.0. The van der Waals surface area contributed by atoms with Crippen LogP contribution in [0.25, 0.3) is 16.5 Å². The third kappa shape index (κ3) is 1.52. The molecular weight excluding hydrogens is 300 g/mol. The Morgan fingerprint density at radius 1 is 0.917 bits per heavy atom. The van der Waals surface area contributed by atoms with Crippen LogP contribution in [0, 0.1) is 11.3 Å². The third-order valence-electron chi connectivity index (χ3n) is 5.71. The van der Waals surface area contributed by atoms with E-state index in [1.165, 1.54) is 0 Å². The van der Waals surface area contributed by atoms with E-state index in [-0.39, 0.29) is 11.8 Å². The minimum Gasteiger partial charge on any atom is -0.494 e. The zero-order valence-electron chi connectivity index (χ0n) is 13.0. The van der Waals surface area contributed by atoms with Gasteiger partial charge < -0.3 is 10.2 Å². The predicted octanol–water partition coefficient (Wildman–Crippen LogP) is 4.28. The highest BCUT2D eigenvalue weighted by atomic mass is 16.3. The van der Waals surface area contributed by atoms with Gasteiger partial charge in [-0.2, -0.15) is 5.26 Å². The van der Waals surface area contributed by atoms with Gasteiger partial charge in [0.05, 0.1) is 17.3 Å². The summed E-state index contributed by atoms with van der Waals surface area (Å²) in [6, 6.07) is 13.4. The first-order valence-electron chi connectivity index (χ1n) is 8.29. The second-order valence-electron chi connectivity index (χ2n) is 6.81. The molecule has 2 aliphatic rings. The molecule has 2 aromatic carbocycles. The Morgan fingerprint density at radius 3 is 2.17 bits per heavy atom. The zero-order chi connectivity index (χ0) is 16.4. The topological polar surface area (TPSA) is 69.2 Å². The van der Waals surface area contributed by atoms with E-state index in [4.69, 9.17) is 0 Å².